The minimum atomic E-state index is -2.56. The number of benzene rings is 1. The predicted octanol–water partition coefficient (Wildman–Crippen LogP) is 1.99. The van der Waals surface area contributed by atoms with Crippen LogP contribution in [0.15, 0.2) is 24.3 Å². The van der Waals surface area contributed by atoms with Gasteiger partial charge in [-0.3, -0.25) is 4.79 Å². The molecular formula is C11H9F2NO. The van der Waals surface area contributed by atoms with Gasteiger partial charge >= 0.3 is 0 Å². The number of carbonyl (C=O) groups excluding carboxylic acids is 1. The molecule has 0 fully saturated rings. The zero-order valence-electron chi connectivity index (χ0n) is 7.84. The lowest BCUT2D eigenvalue weighted by Crippen LogP contribution is -2.14. The van der Waals surface area contributed by atoms with E-state index in [4.69, 9.17) is 5.73 Å². The molecule has 0 aromatic heterocycles. The van der Waals surface area contributed by atoms with E-state index in [0.717, 1.165) is 5.56 Å². The number of hydrogen-bond donors (Lipinski definition) is 1. The summed E-state index contributed by atoms with van der Waals surface area (Å²) < 4.78 is 25.3. The summed E-state index contributed by atoms with van der Waals surface area (Å²) in [5.74, 6) is -0.666. The van der Waals surface area contributed by atoms with Crippen molar-refractivity contribution in [3.05, 3.63) is 41.0 Å². The van der Waals surface area contributed by atoms with E-state index < -0.39 is 12.3 Å². The number of alkyl halides is 2. The minimum absolute atomic E-state index is 0.0839. The summed E-state index contributed by atoms with van der Waals surface area (Å²) in [5.41, 5.74) is 6.29. The van der Waals surface area contributed by atoms with Crippen LogP contribution in [0.25, 0.3) is 5.57 Å². The quantitative estimate of drug-likeness (QED) is 0.795. The maximum Gasteiger partial charge on any atom is 0.264 e. The van der Waals surface area contributed by atoms with E-state index in [1.54, 1.807) is 12.1 Å². The Kier molecular flexibility index (Phi) is 2.26. The van der Waals surface area contributed by atoms with Crippen molar-refractivity contribution in [1.29, 1.82) is 0 Å². The molecule has 1 aromatic rings. The van der Waals surface area contributed by atoms with E-state index >= 15 is 0 Å². The first-order valence-electron chi connectivity index (χ1n) is 4.51. The molecule has 0 aliphatic heterocycles. The number of hydrogen-bond acceptors (Lipinski definition) is 1. The first-order chi connectivity index (χ1) is 7.11. The number of rotatable bonds is 2. The van der Waals surface area contributed by atoms with Crippen molar-refractivity contribution in [3.8, 4) is 0 Å². The summed E-state index contributed by atoms with van der Waals surface area (Å²) in [4.78, 5) is 11.1. The Balaban J connectivity index is 2.60. The van der Waals surface area contributed by atoms with Crippen molar-refractivity contribution in [2.75, 3.05) is 0 Å². The maximum atomic E-state index is 12.6. The molecule has 0 atom stereocenters. The Labute approximate surface area is 85.4 Å². The Morgan fingerprint density at radius 2 is 2.13 bits per heavy atom. The lowest BCUT2D eigenvalue weighted by atomic mass is 9.99. The van der Waals surface area contributed by atoms with Gasteiger partial charge in [-0.2, -0.15) is 0 Å². The van der Waals surface area contributed by atoms with Crippen molar-refractivity contribution >= 4 is 11.5 Å². The molecule has 0 saturated heterocycles. The van der Waals surface area contributed by atoms with Gasteiger partial charge in [0.2, 0.25) is 5.91 Å². The van der Waals surface area contributed by atoms with Gasteiger partial charge in [0.1, 0.15) is 0 Å². The van der Waals surface area contributed by atoms with Crippen LogP contribution in [-0.2, 0) is 6.42 Å². The van der Waals surface area contributed by atoms with Gasteiger partial charge in [-0.15, -0.1) is 0 Å². The molecule has 0 bridgehead atoms. The van der Waals surface area contributed by atoms with Gasteiger partial charge in [0, 0.05) is 11.1 Å². The maximum absolute atomic E-state index is 12.6. The van der Waals surface area contributed by atoms with E-state index in [-0.39, 0.29) is 11.1 Å². The van der Waals surface area contributed by atoms with Crippen molar-refractivity contribution in [2.24, 2.45) is 5.73 Å². The zero-order chi connectivity index (χ0) is 11.0. The number of fused-ring (bicyclic) bond motifs is 1. The molecule has 4 heteroatoms. The van der Waals surface area contributed by atoms with Crippen molar-refractivity contribution in [3.63, 3.8) is 0 Å². The van der Waals surface area contributed by atoms with E-state index in [2.05, 4.69) is 0 Å². The lowest BCUT2D eigenvalue weighted by Gasteiger charge is -2.08. The van der Waals surface area contributed by atoms with Gasteiger partial charge in [-0.05, 0) is 23.6 Å². The van der Waals surface area contributed by atoms with Crippen LogP contribution in [0.1, 0.15) is 21.5 Å². The van der Waals surface area contributed by atoms with E-state index in [0.29, 0.717) is 12.0 Å². The molecule has 0 radical (unpaired) electrons. The summed E-state index contributed by atoms with van der Waals surface area (Å²) in [6, 6.07) is 4.86. The average molecular weight is 209 g/mol. The molecule has 2 rings (SSSR count). The fourth-order valence-corrected chi connectivity index (χ4v) is 1.84. The Morgan fingerprint density at radius 3 is 2.73 bits per heavy atom. The van der Waals surface area contributed by atoms with Gasteiger partial charge in [0.25, 0.3) is 6.43 Å². The second-order valence-corrected chi connectivity index (χ2v) is 3.37. The molecule has 2 nitrogen and oxygen atoms in total. The molecule has 1 amide bonds. The predicted molar refractivity (Wildman–Crippen MR) is 52.6 cm³/mol. The molecule has 78 valence electrons. The highest BCUT2D eigenvalue weighted by Crippen LogP contribution is 2.34. The van der Waals surface area contributed by atoms with Gasteiger partial charge < -0.3 is 5.73 Å². The largest absolute Gasteiger partial charge is 0.366 e. The summed E-state index contributed by atoms with van der Waals surface area (Å²) in [6.45, 7) is 0. The smallest absolute Gasteiger partial charge is 0.264 e. The summed E-state index contributed by atoms with van der Waals surface area (Å²) in [7, 11) is 0. The van der Waals surface area contributed by atoms with E-state index in [1.165, 1.54) is 12.1 Å². The number of allylic oxidation sites excluding steroid dienone is 2. The molecule has 0 unspecified atom stereocenters. The van der Waals surface area contributed by atoms with Crippen molar-refractivity contribution in [1.82, 2.24) is 0 Å². The Morgan fingerprint density at radius 1 is 1.40 bits per heavy atom. The molecular weight excluding hydrogens is 200 g/mol. The summed E-state index contributed by atoms with van der Waals surface area (Å²) in [5, 5.41) is 0. The molecule has 0 spiro atoms. The van der Waals surface area contributed by atoms with Crippen LogP contribution in [0.5, 0.6) is 0 Å². The third-order valence-corrected chi connectivity index (χ3v) is 2.48. The normalized spacial score (nSPS) is 13.9. The first-order valence-corrected chi connectivity index (χ1v) is 4.51. The molecule has 0 heterocycles. The third kappa shape index (κ3) is 1.52. The highest BCUT2D eigenvalue weighted by Gasteiger charge is 2.25. The fourth-order valence-electron chi connectivity index (χ4n) is 1.84. The lowest BCUT2D eigenvalue weighted by molar-refractivity contribution is 0.1000. The topological polar surface area (TPSA) is 43.1 Å². The van der Waals surface area contributed by atoms with Crippen LogP contribution in [0.2, 0.25) is 0 Å². The third-order valence-electron chi connectivity index (χ3n) is 2.48. The minimum Gasteiger partial charge on any atom is -0.366 e. The second kappa shape index (κ2) is 3.46. The number of nitrogens with two attached hydrogens (primary N) is 1. The molecule has 15 heavy (non-hydrogen) atoms. The van der Waals surface area contributed by atoms with Crippen molar-refractivity contribution < 1.29 is 13.6 Å². The molecule has 1 aliphatic carbocycles. The summed E-state index contributed by atoms with van der Waals surface area (Å²) in [6.07, 6.45) is -0.676. The number of halogens is 2. The van der Waals surface area contributed by atoms with Crippen LogP contribution < -0.4 is 5.73 Å². The van der Waals surface area contributed by atoms with Crippen LogP contribution >= 0.6 is 0 Å². The van der Waals surface area contributed by atoms with Crippen LogP contribution in [-0.4, -0.2) is 12.3 Å². The molecule has 2 N–H and O–H groups in total. The van der Waals surface area contributed by atoms with Gasteiger partial charge in [0.05, 0.1) is 0 Å². The number of carbonyl (C=O) groups is 1. The number of amides is 1. The standard InChI is InChI=1S/C11H9F2NO/c12-10(13)7-5-4-6-2-1-3-8(9(6)7)11(14)15/h1-3,5,10H,4H2,(H2,14,15). The van der Waals surface area contributed by atoms with Crippen LogP contribution in [0, 0.1) is 0 Å². The molecule has 0 saturated carbocycles. The van der Waals surface area contributed by atoms with Crippen LogP contribution in [0.3, 0.4) is 0 Å². The summed E-state index contributed by atoms with van der Waals surface area (Å²) >= 11 is 0. The Hall–Kier alpha value is -1.71. The van der Waals surface area contributed by atoms with Gasteiger partial charge in [-0.1, -0.05) is 18.2 Å². The van der Waals surface area contributed by atoms with Gasteiger partial charge in [-0.25, -0.2) is 8.78 Å². The second-order valence-electron chi connectivity index (χ2n) is 3.37. The fraction of sp³-hybridized carbons (Fsp3) is 0.182. The highest BCUT2D eigenvalue weighted by atomic mass is 19.3. The SMILES string of the molecule is NC(=O)c1cccc2c1C(C(F)F)=CC2. The Bertz CT molecular complexity index is 452. The highest BCUT2D eigenvalue weighted by molar-refractivity contribution is 5.99. The van der Waals surface area contributed by atoms with E-state index in [1.807, 2.05) is 0 Å². The number of primary amides is 1. The molecule has 1 aromatic carbocycles. The zero-order valence-corrected chi connectivity index (χ0v) is 7.84. The average Bonchev–Trinajstić information content (AvgIpc) is 2.60. The van der Waals surface area contributed by atoms with Crippen molar-refractivity contribution in [2.45, 2.75) is 12.8 Å². The van der Waals surface area contributed by atoms with Gasteiger partial charge in [0.15, 0.2) is 0 Å². The molecule has 1 aliphatic rings. The van der Waals surface area contributed by atoms with E-state index in [9.17, 15) is 13.6 Å². The van der Waals surface area contributed by atoms with Crippen LogP contribution in [0.4, 0.5) is 8.78 Å². The first kappa shape index (κ1) is 9.83. The monoisotopic (exact) mass is 209 g/mol.